The third-order valence-electron chi connectivity index (χ3n) is 4.54. The summed E-state index contributed by atoms with van der Waals surface area (Å²) in [6.07, 6.45) is 3.26. The molecule has 1 amide bonds. The molecule has 0 saturated heterocycles. The first-order valence-corrected chi connectivity index (χ1v) is 9.60. The highest BCUT2D eigenvalue weighted by molar-refractivity contribution is 5.92. The molecule has 2 aromatic carbocycles. The van der Waals surface area contributed by atoms with Crippen molar-refractivity contribution < 1.29 is 18.8 Å². The Labute approximate surface area is 175 Å². The second-order valence-corrected chi connectivity index (χ2v) is 6.89. The van der Waals surface area contributed by atoms with Gasteiger partial charge < -0.3 is 18.9 Å². The summed E-state index contributed by atoms with van der Waals surface area (Å²) in [5.41, 5.74) is 1.69. The molecule has 0 atom stereocenters. The predicted molar refractivity (Wildman–Crippen MR) is 114 cm³/mol. The van der Waals surface area contributed by atoms with Crippen molar-refractivity contribution in [2.45, 2.75) is 26.4 Å². The van der Waals surface area contributed by atoms with Gasteiger partial charge >= 0.3 is 0 Å². The Morgan fingerprint density at radius 3 is 2.50 bits per heavy atom. The van der Waals surface area contributed by atoms with Crippen LogP contribution in [-0.4, -0.2) is 41.2 Å². The van der Waals surface area contributed by atoms with Crippen LogP contribution in [0.3, 0.4) is 0 Å². The van der Waals surface area contributed by atoms with Crippen LogP contribution < -0.4 is 9.47 Å². The number of amides is 1. The number of hydrogen-bond donors (Lipinski definition) is 0. The molecule has 3 aromatic rings. The zero-order chi connectivity index (χ0) is 21.5. The average Bonchev–Trinajstić information content (AvgIpc) is 3.24. The first-order chi connectivity index (χ1) is 14.5. The van der Waals surface area contributed by atoms with Crippen LogP contribution >= 0.6 is 0 Å². The van der Waals surface area contributed by atoms with Gasteiger partial charge in [-0.05, 0) is 37.6 Å². The molecule has 7 nitrogen and oxygen atoms in total. The maximum absolute atomic E-state index is 12.8. The van der Waals surface area contributed by atoms with Gasteiger partial charge in [0.2, 0.25) is 17.6 Å². The summed E-state index contributed by atoms with van der Waals surface area (Å²) in [7, 11) is 3.16. The monoisotopic (exact) mass is 407 g/mol. The van der Waals surface area contributed by atoms with E-state index in [9.17, 15) is 4.79 Å². The van der Waals surface area contributed by atoms with Crippen LogP contribution in [0.2, 0.25) is 0 Å². The van der Waals surface area contributed by atoms with E-state index in [4.69, 9.17) is 14.0 Å². The third kappa shape index (κ3) is 5.05. The van der Waals surface area contributed by atoms with Gasteiger partial charge in [0.15, 0.2) is 11.5 Å². The number of ether oxygens (including phenoxy) is 2. The Bertz CT molecular complexity index is 1010. The smallest absolute Gasteiger partial charge is 0.247 e. The van der Waals surface area contributed by atoms with E-state index in [2.05, 4.69) is 10.1 Å². The molecular formula is C23H25N3O4. The Balaban J connectivity index is 1.73. The van der Waals surface area contributed by atoms with Crippen molar-refractivity contribution >= 4 is 12.0 Å². The zero-order valence-electron chi connectivity index (χ0n) is 17.5. The third-order valence-corrected chi connectivity index (χ3v) is 4.54. The van der Waals surface area contributed by atoms with E-state index in [-0.39, 0.29) is 18.5 Å². The topological polar surface area (TPSA) is 77.7 Å². The Hall–Kier alpha value is -3.61. The zero-order valence-corrected chi connectivity index (χ0v) is 17.5. The molecule has 0 aliphatic heterocycles. The highest BCUT2D eigenvalue weighted by Gasteiger charge is 2.19. The molecule has 0 bridgehead atoms. The summed E-state index contributed by atoms with van der Waals surface area (Å²) < 4.78 is 15.9. The predicted octanol–water partition coefficient (Wildman–Crippen LogP) is 4.20. The fraction of sp³-hybridized carbons (Fsp3) is 0.261. The number of rotatable bonds is 8. The van der Waals surface area contributed by atoms with Gasteiger partial charge in [-0.1, -0.05) is 41.6 Å². The number of carbonyl (C=O) groups is 1. The second-order valence-electron chi connectivity index (χ2n) is 6.89. The summed E-state index contributed by atoms with van der Waals surface area (Å²) >= 11 is 0. The number of aromatic nitrogens is 2. The Kier molecular flexibility index (Phi) is 6.85. The lowest BCUT2D eigenvalue weighted by atomic mass is 10.1. The number of methoxy groups -OCH3 is 2. The number of hydrogen-bond acceptors (Lipinski definition) is 6. The van der Waals surface area contributed by atoms with Gasteiger partial charge in [-0.2, -0.15) is 4.98 Å². The molecule has 0 saturated carbocycles. The first-order valence-electron chi connectivity index (χ1n) is 9.60. The molecule has 0 spiro atoms. The van der Waals surface area contributed by atoms with Crippen LogP contribution in [0, 0.1) is 0 Å². The van der Waals surface area contributed by atoms with E-state index in [1.54, 1.807) is 31.3 Å². The molecule has 0 radical (unpaired) electrons. The van der Waals surface area contributed by atoms with Crippen molar-refractivity contribution in [3.63, 3.8) is 0 Å². The Morgan fingerprint density at radius 1 is 1.10 bits per heavy atom. The van der Waals surface area contributed by atoms with Crippen LogP contribution in [0.15, 0.2) is 59.1 Å². The van der Waals surface area contributed by atoms with E-state index in [0.717, 1.165) is 11.1 Å². The highest BCUT2D eigenvalue weighted by Crippen LogP contribution is 2.28. The maximum Gasteiger partial charge on any atom is 0.247 e. The number of benzene rings is 2. The largest absolute Gasteiger partial charge is 0.493 e. The van der Waals surface area contributed by atoms with E-state index in [0.29, 0.717) is 23.2 Å². The van der Waals surface area contributed by atoms with Gasteiger partial charge in [0.05, 0.1) is 14.2 Å². The first kappa shape index (κ1) is 21.1. The van der Waals surface area contributed by atoms with Crippen molar-refractivity contribution in [1.29, 1.82) is 0 Å². The standard InChI is InChI=1S/C23H25N3O4/c1-16(2)26(15-21-24-23(25-30-21)18-8-6-5-7-9-18)22(27)13-11-17-10-12-19(28-3)20(14-17)29-4/h5-14,16H,15H2,1-4H3. The van der Waals surface area contributed by atoms with Gasteiger partial charge in [-0.15, -0.1) is 0 Å². The lowest BCUT2D eigenvalue weighted by Crippen LogP contribution is -2.35. The van der Waals surface area contributed by atoms with Crippen molar-refractivity contribution in [2.75, 3.05) is 14.2 Å². The average molecular weight is 407 g/mol. The molecular weight excluding hydrogens is 382 g/mol. The summed E-state index contributed by atoms with van der Waals surface area (Å²) in [4.78, 5) is 18.9. The molecule has 1 heterocycles. The summed E-state index contributed by atoms with van der Waals surface area (Å²) in [5.74, 6) is 1.97. The summed E-state index contributed by atoms with van der Waals surface area (Å²) in [5, 5.41) is 4.02. The molecule has 1 aromatic heterocycles. The fourth-order valence-electron chi connectivity index (χ4n) is 2.90. The van der Waals surface area contributed by atoms with Gasteiger partial charge in [0, 0.05) is 17.7 Å². The van der Waals surface area contributed by atoms with Gasteiger partial charge in [-0.3, -0.25) is 4.79 Å². The molecule has 0 aliphatic carbocycles. The number of nitrogens with zero attached hydrogens (tertiary/aromatic N) is 3. The van der Waals surface area contributed by atoms with Crippen LogP contribution in [0.25, 0.3) is 17.5 Å². The second kappa shape index (κ2) is 9.73. The molecule has 0 fully saturated rings. The van der Waals surface area contributed by atoms with Crippen LogP contribution in [0.1, 0.15) is 25.3 Å². The molecule has 0 aliphatic rings. The lowest BCUT2D eigenvalue weighted by molar-refractivity contribution is -0.128. The van der Waals surface area contributed by atoms with E-state index in [1.807, 2.05) is 56.3 Å². The van der Waals surface area contributed by atoms with E-state index >= 15 is 0 Å². The van der Waals surface area contributed by atoms with Gasteiger partial charge in [0.1, 0.15) is 6.54 Å². The molecule has 30 heavy (non-hydrogen) atoms. The summed E-state index contributed by atoms with van der Waals surface area (Å²) in [6.45, 7) is 4.11. The van der Waals surface area contributed by atoms with Gasteiger partial charge in [0.25, 0.3) is 0 Å². The molecule has 0 unspecified atom stereocenters. The Morgan fingerprint density at radius 2 is 1.83 bits per heavy atom. The normalized spacial score (nSPS) is 11.1. The minimum absolute atomic E-state index is 0.0420. The van der Waals surface area contributed by atoms with Crippen LogP contribution in [0.5, 0.6) is 11.5 Å². The van der Waals surface area contributed by atoms with Crippen molar-refractivity contribution in [1.82, 2.24) is 15.0 Å². The van der Waals surface area contributed by atoms with Crippen molar-refractivity contribution in [3.8, 4) is 22.9 Å². The maximum atomic E-state index is 12.8. The molecule has 7 heteroatoms. The SMILES string of the molecule is COc1ccc(C=CC(=O)N(Cc2nc(-c3ccccc3)no2)C(C)C)cc1OC. The number of carbonyl (C=O) groups excluding carboxylic acids is 1. The molecule has 0 N–H and O–H groups in total. The lowest BCUT2D eigenvalue weighted by Gasteiger charge is -2.23. The minimum atomic E-state index is -0.153. The summed E-state index contributed by atoms with van der Waals surface area (Å²) in [6, 6.07) is 15.0. The van der Waals surface area contributed by atoms with E-state index < -0.39 is 0 Å². The fourth-order valence-corrected chi connectivity index (χ4v) is 2.90. The minimum Gasteiger partial charge on any atom is -0.493 e. The van der Waals surface area contributed by atoms with Crippen LogP contribution in [-0.2, 0) is 11.3 Å². The quantitative estimate of drug-likeness (QED) is 0.521. The van der Waals surface area contributed by atoms with Crippen molar-refractivity contribution in [3.05, 3.63) is 66.1 Å². The molecule has 3 rings (SSSR count). The van der Waals surface area contributed by atoms with E-state index in [1.165, 1.54) is 6.08 Å². The molecule has 156 valence electrons. The van der Waals surface area contributed by atoms with Crippen molar-refractivity contribution in [2.24, 2.45) is 0 Å². The van der Waals surface area contributed by atoms with Gasteiger partial charge in [-0.25, -0.2) is 0 Å². The van der Waals surface area contributed by atoms with Crippen LogP contribution in [0.4, 0.5) is 0 Å². The highest BCUT2D eigenvalue weighted by atomic mass is 16.5.